The molecule has 8 heteroatoms. The number of nitrogens with two attached hydrogens (primary N) is 1. The van der Waals surface area contributed by atoms with Gasteiger partial charge in [0.2, 0.25) is 11.8 Å². The summed E-state index contributed by atoms with van der Waals surface area (Å²) in [6, 6.07) is 0.183. The SMILES string of the molecule is C=C(C=C(C)CC(C)CC1NCOC1CC(C(=O)NCC(C)(C)C(N)=O)C(C)C)OCCCOC. The Morgan fingerprint density at radius 1 is 1.26 bits per heavy atom. The van der Waals surface area contributed by atoms with E-state index in [9.17, 15) is 9.59 Å². The van der Waals surface area contributed by atoms with Crippen molar-refractivity contribution in [2.45, 2.75) is 79.4 Å². The van der Waals surface area contributed by atoms with Crippen LogP contribution in [0.3, 0.4) is 0 Å². The summed E-state index contributed by atoms with van der Waals surface area (Å²) in [7, 11) is 1.68. The molecule has 0 aliphatic carbocycles. The molecule has 1 aliphatic rings. The maximum absolute atomic E-state index is 13.0. The summed E-state index contributed by atoms with van der Waals surface area (Å²) in [5.74, 6) is 0.560. The van der Waals surface area contributed by atoms with E-state index >= 15 is 0 Å². The molecule has 4 N–H and O–H groups in total. The van der Waals surface area contributed by atoms with Gasteiger partial charge in [-0.3, -0.25) is 14.9 Å². The summed E-state index contributed by atoms with van der Waals surface area (Å²) < 4.78 is 16.7. The average molecular weight is 496 g/mol. The minimum absolute atomic E-state index is 0.0388. The van der Waals surface area contributed by atoms with Gasteiger partial charge in [0, 0.05) is 38.6 Å². The fraction of sp³-hybridized carbons (Fsp3) is 0.778. The number of amides is 2. The number of hydrogen-bond donors (Lipinski definition) is 3. The van der Waals surface area contributed by atoms with Crippen molar-refractivity contribution in [2.75, 3.05) is 33.6 Å². The molecule has 1 aliphatic heterocycles. The van der Waals surface area contributed by atoms with Crippen molar-refractivity contribution in [1.29, 1.82) is 0 Å². The van der Waals surface area contributed by atoms with Gasteiger partial charge in [-0.15, -0.1) is 0 Å². The zero-order valence-electron chi connectivity index (χ0n) is 22.9. The second kappa shape index (κ2) is 15.3. The number of rotatable bonds is 17. The summed E-state index contributed by atoms with van der Waals surface area (Å²) in [6.07, 6.45) is 5.31. The average Bonchev–Trinajstić information content (AvgIpc) is 3.19. The van der Waals surface area contributed by atoms with Gasteiger partial charge in [0.25, 0.3) is 0 Å². The van der Waals surface area contributed by atoms with E-state index in [1.54, 1.807) is 21.0 Å². The van der Waals surface area contributed by atoms with E-state index in [-0.39, 0.29) is 36.4 Å². The Labute approximate surface area is 212 Å². The van der Waals surface area contributed by atoms with Crippen molar-refractivity contribution < 1.29 is 23.8 Å². The number of carbonyl (C=O) groups is 2. The van der Waals surface area contributed by atoms with E-state index in [1.807, 2.05) is 19.9 Å². The van der Waals surface area contributed by atoms with Crippen LogP contribution in [0.1, 0.15) is 67.2 Å². The first-order valence-corrected chi connectivity index (χ1v) is 12.8. The van der Waals surface area contributed by atoms with Crippen LogP contribution in [0.25, 0.3) is 0 Å². The molecule has 4 unspecified atom stereocenters. The highest BCUT2D eigenvalue weighted by Crippen LogP contribution is 2.28. The van der Waals surface area contributed by atoms with Gasteiger partial charge in [0.1, 0.15) is 5.76 Å². The lowest BCUT2D eigenvalue weighted by atomic mass is 9.84. The van der Waals surface area contributed by atoms with E-state index in [0.717, 1.165) is 19.3 Å². The highest BCUT2D eigenvalue weighted by molar-refractivity contribution is 5.83. The third-order valence-electron chi connectivity index (χ3n) is 6.61. The molecule has 0 aromatic rings. The number of nitrogens with one attached hydrogen (secondary N) is 2. The molecule has 1 rings (SSSR count). The number of ether oxygens (including phenoxy) is 3. The Bertz CT molecular complexity index is 720. The molecule has 0 radical (unpaired) electrons. The van der Waals surface area contributed by atoms with Crippen molar-refractivity contribution >= 4 is 11.8 Å². The lowest BCUT2D eigenvalue weighted by molar-refractivity contribution is -0.130. The predicted octanol–water partition coefficient (Wildman–Crippen LogP) is 3.52. The molecular weight excluding hydrogens is 446 g/mol. The second-order valence-electron chi connectivity index (χ2n) is 10.9. The van der Waals surface area contributed by atoms with Gasteiger partial charge in [-0.25, -0.2) is 0 Å². The standard InChI is InChI=1S/C27H49N3O5/c1-18(2)22(25(31)29-16-27(6,7)26(28)32)15-24-23(30-17-35-24)14-20(4)12-19(3)13-21(5)34-11-9-10-33-8/h13,18,20,22-24,30H,5,9-12,14-17H2,1-4,6-8H3,(H2,28,32)(H,29,31). The third-order valence-corrected chi connectivity index (χ3v) is 6.61. The van der Waals surface area contributed by atoms with Gasteiger partial charge < -0.3 is 25.3 Å². The van der Waals surface area contributed by atoms with Gasteiger partial charge in [-0.2, -0.15) is 0 Å². The fourth-order valence-electron chi connectivity index (χ4n) is 4.28. The molecular formula is C27H49N3O5. The Hall–Kier alpha value is -1.90. The monoisotopic (exact) mass is 495 g/mol. The lowest BCUT2D eigenvalue weighted by Crippen LogP contribution is -2.46. The topological polar surface area (TPSA) is 112 Å². The maximum atomic E-state index is 13.0. The van der Waals surface area contributed by atoms with Crippen LogP contribution in [0.15, 0.2) is 24.0 Å². The summed E-state index contributed by atoms with van der Waals surface area (Å²) in [5, 5.41) is 6.39. The number of hydrogen-bond acceptors (Lipinski definition) is 6. The highest BCUT2D eigenvalue weighted by atomic mass is 16.5. The molecule has 1 heterocycles. The first-order valence-electron chi connectivity index (χ1n) is 12.8. The molecule has 0 aromatic heterocycles. The minimum Gasteiger partial charge on any atom is -0.494 e. The summed E-state index contributed by atoms with van der Waals surface area (Å²) >= 11 is 0. The van der Waals surface area contributed by atoms with E-state index in [1.165, 1.54) is 5.57 Å². The molecule has 1 saturated heterocycles. The van der Waals surface area contributed by atoms with Gasteiger partial charge >= 0.3 is 0 Å². The van der Waals surface area contributed by atoms with Crippen molar-refractivity contribution in [2.24, 2.45) is 28.9 Å². The number of carbonyl (C=O) groups excluding carboxylic acids is 2. The molecule has 8 nitrogen and oxygen atoms in total. The van der Waals surface area contributed by atoms with Crippen molar-refractivity contribution in [3.63, 3.8) is 0 Å². The molecule has 202 valence electrons. The molecule has 0 bridgehead atoms. The first-order chi connectivity index (χ1) is 16.4. The van der Waals surface area contributed by atoms with E-state index in [2.05, 4.69) is 31.1 Å². The number of primary amides is 1. The second-order valence-corrected chi connectivity index (χ2v) is 10.9. The highest BCUT2D eigenvalue weighted by Gasteiger charge is 2.35. The van der Waals surface area contributed by atoms with Gasteiger partial charge in [0.15, 0.2) is 0 Å². The van der Waals surface area contributed by atoms with Crippen molar-refractivity contribution in [3.05, 3.63) is 24.0 Å². The van der Waals surface area contributed by atoms with Crippen LogP contribution in [0, 0.1) is 23.2 Å². The quantitative estimate of drug-likeness (QED) is 0.162. The van der Waals surface area contributed by atoms with Crippen LogP contribution in [0.4, 0.5) is 0 Å². The molecule has 0 saturated carbocycles. The van der Waals surface area contributed by atoms with Crippen molar-refractivity contribution in [1.82, 2.24) is 10.6 Å². The van der Waals surface area contributed by atoms with Crippen LogP contribution in [-0.2, 0) is 23.8 Å². The first kappa shape index (κ1) is 31.1. The van der Waals surface area contributed by atoms with Gasteiger partial charge in [-0.05, 0) is 57.9 Å². The number of methoxy groups -OCH3 is 1. The van der Waals surface area contributed by atoms with Gasteiger partial charge in [-0.1, -0.05) is 32.9 Å². The van der Waals surface area contributed by atoms with Crippen LogP contribution >= 0.6 is 0 Å². The minimum atomic E-state index is -0.786. The summed E-state index contributed by atoms with van der Waals surface area (Å²) in [4.78, 5) is 24.5. The van der Waals surface area contributed by atoms with Crippen LogP contribution in [0.5, 0.6) is 0 Å². The smallest absolute Gasteiger partial charge is 0.224 e. The lowest BCUT2D eigenvalue weighted by Gasteiger charge is -2.28. The largest absolute Gasteiger partial charge is 0.494 e. The summed E-state index contributed by atoms with van der Waals surface area (Å²) in [6.45, 7) is 17.9. The zero-order valence-corrected chi connectivity index (χ0v) is 22.9. The molecule has 4 atom stereocenters. The molecule has 2 amide bonds. The molecule has 0 aromatic carbocycles. The molecule has 35 heavy (non-hydrogen) atoms. The van der Waals surface area contributed by atoms with E-state index in [4.69, 9.17) is 19.9 Å². The summed E-state index contributed by atoms with van der Waals surface area (Å²) in [5.41, 5.74) is 5.88. The molecule has 0 spiro atoms. The normalized spacial score (nSPS) is 20.5. The molecule has 1 fully saturated rings. The van der Waals surface area contributed by atoms with Crippen LogP contribution < -0.4 is 16.4 Å². The van der Waals surface area contributed by atoms with Crippen molar-refractivity contribution in [3.8, 4) is 0 Å². The van der Waals surface area contributed by atoms with E-state index < -0.39 is 11.3 Å². The maximum Gasteiger partial charge on any atom is 0.224 e. The number of allylic oxidation sites excluding steroid dienone is 2. The van der Waals surface area contributed by atoms with Gasteiger partial charge in [0.05, 0.1) is 24.9 Å². The fourth-order valence-corrected chi connectivity index (χ4v) is 4.28. The van der Waals surface area contributed by atoms with Crippen LogP contribution in [0.2, 0.25) is 0 Å². The third kappa shape index (κ3) is 11.6. The Balaban J connectivity index is 2.62. The Morgan fingerprint density at radius 3 is 2.54 bits per heavy atom. The Morgan fingerprint density at radius 2 is 1.94 bits per heavy atom. The van der Waals surface area contributed by atoms with Crippen LogP contribution in [-0.4, -0.2) is 57.6 Å². The Kier molecular flexibility index (Phi) is 13.6. The van der Waals surface area contributed by atoms with E-state index in [0.29, 0.717) is 38.0 Å². The zero-order chi connectivity index (χ0) is 26.6. The predicted molar refractivity (Wildman–Crippen MR) is 139 cm³/mol.